The Morgan fingerprint density at radius 3 is 1.95 bits per heavy atom. The van der Waals surface area contributed by atoms with E-state index >= 15 is 0 Å². The highest BCUT2D eigenvalue weighted by molar-refractivity contribution is 6.41. The summed E-state index contributed by atoms with van der Waals surface area (Å²) >= 11 is 5.36. The Morgan fingerprint density at radius 1 is 0.571 bits per heavy atom. The van der Waals surface area contributed by atoms with Crippen molar-refractivity contribution in [2.75, 3.05) is 2.87 Å². The Bertz CT molecular complexity index is 976. The first-order chi connectivity index (χ1) is 10.2. The van der Waals surface area contributed by atoms with Crippen molar-refractivity contribution in [3.05, 3.63) is 66.7 Å². The molecule has 0 aromatic heterocycles. The van der Waals surface area contributed by atoms with E-state index in [1.54, 1.807) is 0 Å². The van der Waals surface area contributed by atoms with Gasteiger partial charge >= 0.3 is 0 Å². The molecule has 0 bridgehead atoms. The topological polar surface area (TPSA) is 3.24 Å². The van der Waals surface area contributed by atoms with Gasteiger partial charge in [0, 0.05) is 0 Å². The monoisotopic (exact) mass is 295 g/mol. The summed E-state index contributed by atoms with van der Waals surface area (Å²) in [6.07, 6.45) is 0. The molecule has 0 aliphatic rings. The van der Waals surface area contributed by atoms with Crippen LogP contribution in [0.5, 0.6) is 0 Å². The molecule has 3 heteroatoms. The third kappa shape index (κ3) is 2.15. The molecule has 0 atom stereocenters. The lowest BCUT2D eigenvalue weighted by Crippen LogP contribution is -2.13. The van der Waals surface area contributed by atoms with Gasteiger partial charge in [0.15, 0.2) is 0 Å². The maximum atomic E-state index is 2.68. The number of hydrogen-bond donors (Lipinski definition) is 0. The van der Waals surface area contributed by atoms with Gasteiger partial charge in [-0.1, -0.05) is 54.6 Å². The van der Waals surface area contributed by atoms with Crippen LogP contribution in [0.2, 0.25) is 0 Å². The van der Waals surface area contributed by atoms with Crippen LogP contribution in [0.3, 0.4) is 0 Å². The molecule has 94 valence electrons. The van der Waals surface area contributed by atoms with Crippen molar-refractivity contribution < 1.29 is 0 Å². The van der Waals surface area contributed by atoms with Crippen LogP contribution in [0.4, 0.5) is 5.69 Å². The lowest BCUT2D eigenvalue weighted by Gasteiger charge is -2.18. The van der Waals surface area contributed by atoms with Crippen molar-refractivity contribution >= 4 is 71.0 Å². The molecule has 0 saturated heterocycles. The lowest BCUT2D eigenvalue weighted by molar-refractivity contribution is 1.61. The number of hydrogen-bond acceptors (Lipinski definition) is 1. The van der Waals surface area contributed by atoms with Gasteiger partial charge in [-0.25, -0.2) is 0 Å². The molecule has 1 nitrogen and oxygen atoms in total. The molecule has 4 rings (SSSR count). The highest BCUT2D eigenvalue weighted by Gasteiger charge is 2.05. The Morgan fingerprint density at radius 2 is 1.19 bits per heavy atom. The van der Waals surface area contributed by atoms with Gasteiger partial charge < -0.3 is 2.87 Å². The van der Waals surface area contributed by atoms with Crippen LogP contribution in [-0.2, 0) is 0 Å². The van der Waals surface area contributed by atoms with Gasteiger partial charge in [0.25, 0.3) is 33.0 Å². The van der Waals surface area contributed by atoms with Gasteiger partial charge in [-0.15, -0.1) is 0 Å². The third-order valence-electron chi connectivity index (χ3n) is 4.03. The predicted octanol–water partition coefficient (Wildman–Crippen LogP) is 4.12. The smallest absolute Gasteiger partial charge is 0.277 e. The molecule has 21 heavy (non-hydrogen) atoms. The zero-order valence-electron chi connectivity index (χ0n) is 11.5. The maximum absolute atomic E-state index is 2.68. The van der Waals surface area contributed by atoms with E-state index in [-0.39, 0.29) is 0 Å². The van der Waals surface area contributed by atoms with Crippen LogP contribution in [0, 0.1) is 0 Å². The van der Waals surface area contributed by atoms with Crippen molar-refractivity contribution in [2.45, 2.75) is 0 Å². The van der Waals surface area contributed by atoms with Crippen molar-refractivity contribution in [3.8, 4) is 0 Å². The van der Waals surface area contributed by atoms with Crippen molar-refractivity contribution in [2.24, 2.45) is 0 Å². The number of benzene rings is 4. The molecule has 0 spiro atoms. The van der Waals surface area contributed by atoms with E-state index in [2.05, 4.69) is 99.8 Å². The summed E-state index contributed by atoms with van der Waals surface area (Å²) in [5.74, 6) is 0. The standard InChI is InChI=1S/C18H11N.2Al/c19-14-8-5-13-7-9-16-15-4-2-1-3-12(15)6-10-17(16)18(13)11-14;;/h1-11H;;. The Kier molecular flexibility index (Phi) is 3.18. The van der Waals surface area contributed by atoms with E-state index < -0.39 is 0 Å². The zero-order chi connectivity index (χ0) is 14.4. The van der Waals surface area contributed by atoms with E-state index in [0.717, 1.165) is 5.69 Å². The van der Waals surface area contributed by atoms with Crippen LogP contribution in [0.1, 0.15) is 0 Å². The molecule has 0 fully saturated rings. The summed E-state index contributed by atoms with van der Waals surface area (Å²) in [5, 5.41) is 7.81. The van der Waals surface area contributed by atoms with Gasteiger partial charge in [-0.05, 0) is 50.1 Å². The molecule has 4 aromatic carbocycles. The minimum Gasteiger partial charge on any atom is -0.587 e. The summed E-state index contributed by atoms with van der Waals surface area (Å²) in [6, 6.07) is 24.0. The molecule has 0 aliphatic carbocycles. The summed E-state index contributed by atoms with van der Waals surface area (Å²) in [7, 11) is 0. The molecule has 0 aliphatic heterocycles. The van der Waals surface area contributed by atoms with Gasteiger partial charge in [0.1, 0.15) is 0 Å². The van der Waals surface area contributed by atoms with Crippen molar-refractivity contribution in [1.82, 2.24) is 0 Å². The van der Waals surface area contributed by atoms with Crippen LogP contribution in [0.25, 0.3) is 32.3 Å². The summed E-state index contributed by atoms with van der Waals surface area (Å²) in [4.78, 5) is 0. The number of anilines is 1. The normalized spacial score (nSPS) is 11.2. The minimum atomic E-state index is 1.16. The van der Waals surface area contributed by atoms with E-state index in [1.807, 2.05) is 2.87 Å². The Hall–Kier alpha value is -1.48. The second kappa shape index (κ2) is 5.06. The number of fused-ring (bicyclic) bond motifs is 5. The largest absolute Gasteiger partial charge is 0.587 e. The fraction of sp³-hybridized carbons (Fsp3) is 0. The van der Waals surface area contributed by atoms with Crippen molar-refractivity contribution in [1.29, 1.82) is 0 Å². The number of rotatable bonds is 1. The fourth-order valence-electron chi connectivity index (χ4n) is 2.97. The second-order valence-electron chi connectivity index (χ2n) is 5.26. The quantitative estimate of drug-likeness (QED) is 0.377. The van der Waals surface area contributed by atoms with E-state index in [4.69, 9.17) is 0 Å². The fourth-order valence-corrected chi connectivity index (χ4v) is 3.29. The van der Waals surface area contributed by atoms with Gasteiger partial charge in [0.2, 0.25) is 0 Å². The van der Waals surface area contributed by atoms with E-state index in [0.29, 0.717) is 0 Å². The first-order valence-corrected chi connectivity index (χ1v) is 7.91. The number of nitrogens with zero attached hydrogens (tertiary/aromatic N) is 1. The van der Waals surface area contributed by atoms with Crippen LogP contribution in [0.15, 0.2) is 66.7 Å². The van der Waals surface area contributed by atoms with Crippen LogP contribution in [-0.4, -0.2) is 33.0 Å². The molecule has 4 radical (unpaired) electrons. The van der Waals surface area contributed by atoms with Crippen LogP contribution >= 0.6 is 0 Å². The van der Waals surface area contributed by atoms with Crippen molar-refractivity contribution in [3.63, 3.8) is 0 Å². The van der Waals surface area contributed by atoms with Gasteiger partial charge in [-0.3, -0.25) is 0 Å². The Balaban J connectivity index is 2.17. The highest BCUT2D eigenvalue weighted by atomic mass is 27.1. The highest BCUT2D eigenvalue weighted by Crippen LogP contribution is 2.32. The summed E-state index contributed by atoms with van der Waals surface area (Å²) in [6.45, 7) is 0. The minimum absolute atomic E-state index is 1.16. The van der Waals surface area contributed by atoms with Crippen LogP contribution < -0.4 is 2.87 Å². The summed E-state index contributed by atoms with van der Waals surface area (Å²) in [5.41, 5.74) is 1.16. The third-order valence-corrected chi connectivity index (χ3v) is 4.62. The van der Waals surface area contributed by atoms with Gasteiger partial charge in [0.05, 0.1) is 0 Å². The zero-order valence-corrected chi connectivity index (χ0v) is 13.8. The molecule has 0 saturated carbocycles. The molecule has 0 amide bonds. The molecule has 0 N–H and O–H groups in total. The SMILES string of the molecule is [Al][N]([Al])c1ccc2ccc3c4ccccc4ccc3c2c1. The molecule has 0 unspecified atom stereocenters. The molecule has 0 heterocycles. The second-order valence-corrected chi connectivity index (χ2v) is 6.97. The van der Waals surface area contributed by atoms with Gasteiger partial charge in [-0.2, -0.15) is 0 Å². The van der Waals surface area contributed by atoms with E-state index in [9.17, 15) is 0 Å². The molecular weight excluding hydrogens is 284 g/mol. The average molecular weight is 295 g/mol. The van der Waals surface area contributed by atoms with E-state index in [1.165, 1.54) is 32.3 Å². The molecular formula is C18H11Al2N. The summed E-state index contributed by atoms with van der Waals surface area (Å²) < 4.78 is 1.99. The maximum Gasteiger partial charge on any atom is 0.277 e. The Labute approximate surface area is 140 Å². The lowest BCUT2D eigenvalue weighted by atomic mass is 9.97. The average Bonchev–Trinajstić information content (AvgIpc) is 2.53. The molecule has 4 aromatic rings. The first-order valence-electron chi connectivity index (χ1n) is 6.88. The predicted molar refractivity (Wildman–Crippen MR) is 92.9 cm³/mol. The first kappa shape index (κ1) is 13.2.